The molecule has 2 aromatic heterocycles. The van der Waals surface area contributed by atoms with Crippen molar-refractivity contribution in [1.29, 1.82) is 0 Å². The van der Waals surface area contributed by atoms with Gasteiger partial charge in [0.1, 0.15) is 11.3 Å². The first-order valence-electron chi connectivity index (χ1n) is 7.95. The maximum atomic E-state index is 12.0. The van der Waals surface area contributed by atoms with Crippen molar-refractivity contribution in [3.8, 4) is 5.75 Å². The van der Waals surface area contributed by atoms with Gasteiger partial charge in [0, 0.05) is 27.7 Å². The number of aromatic nitrogens is 2. The highest BCUT2D eigenvalue weighted by Gasteiger charge is 2.16. The van der Waals surface area contributed by atoms with Crippen LogP contribution in [0, 0.1) is 0 Å². The Kier molecular flexibility index (Phi) is 4.58. The SMILES string of the molecule is O=C(Nc1cc(Cl)c(Cc2ccc(O)c3ccoc23)c(Cl)c1)c1noc(=O)[nH]1. The zero-order valence-electron chi connectivity index (χ0n) is 14.0. The molecule has 4 aromatic rings. The van der Waals surface area contributed by atoms with Gasteiger partial charge in [-0.1, -0.05) is 29.3 Å². The van der Waals surface area contributed by atoms with Crippen LogP contribution in [-0.2, 0) is 6.42 Å². The van der Waals surface area contributed by atoms with Gasteiger partial charge in [-0.25, -0.2) is 4.79 Å². The molecule has 0 fully saturated rings. The highest BCUT2D eigenvalue weighted by molar-refractivity contribution is 6.36. The summed E-state index contributed by atoms with van der Waals surface area (Å²) in [6, 6.07) is 8.02. The van der Waals surface area contributed by atoms with E-state index in [1.165, 1.54) is 18.4 Å². The molecule has 4 rings (SSSR count). The minimum atomic E-state index is -0.838. The Morgan fingerprint density at radius 1 is 1.21 bits per heavy atom. The lowest BCUT2D eigenvalue weighted by Crippen LogP contribution is -2.15. The van der Waals surface area contributed by atoms with Crippen LogP contribution in [0.25, 0.3) is 11.0 Å². The molecule has 0 saturated carbocycles. The van der Waals surface area contributed by atoms with Crippen molar-refractivity contribution < 1.29 is 18.8 Å². The number of anilines is 1. The van der Waals surface area contributed by atoms with E-state index in [1.807, 2.05) is 0 Å². The number of nitrogens with one attached hydrogen (secondary N) is 2. The van der Waals surface area contributed by atoms with E-state index < -0.39 is 11.7 Å². The number of rotatable bonds is 4. The second-order valence-corrected chi connectivity index (χ2v) is 6.71. The molecule has 0 spiro atoms. The van der Waals surface area contributed by atoms with Gasteiger partial charge >= 0.3 is 5.76 Å². The first kappa shape index (κ1) is 18.1. The molecule has 0 aliphatic rings. The van der Waals surface area contributed by atoms with Crippen molar-refractivity contribution in [3.05, 3.63) is 74.1 Å². The number of aromatic amines is 1. The van der Waals surface area contributed by atoms with Crippen molar-refractivity contribution in [3.63, 3.8) is 0 Å². The lowest BCUT2D eigenvalue weighted by Gasteiger charge is -2.11. The standard InChI is InChI=1S/C18H11Cl2N3O5/c19-12-6-9(21-17(25)16-22-18(26)28-23-16)7-13(20)11(12)5-8-1-2-14(24)10-3-4-27-15(8)10/h1-4,6-7,24H,5H2,(H,21,25)(H,22,23,26). The van der Waals surface area contributed by atoms with Crippen molar-refractivity contribution in [1.82, 2.24) is 10.1 Å². The summed E-state index contributed by atoms with van der Waals surface area (Å²) in [4.78, 5) is 25.1. The van der Waals surface area contributed by atoms with Crippen molar-refractivity contribution >= 4 is 45.8 Å². The summed E-state index contributed by atoms with van der Waals surface area (Å²) >= 11 is 12.7. The average molecular weight is 420 g/mol. The van der Waals surface area contributed by atoms with E-state index in [-0.39, 0.29) is 11.6 Å². The number of amides is 1. The smallest absolute Gasteiger partial charge is 0.439 e. The molecule has 142 valence electrons. The van der Waals surface area contributed by atoms with Crippen LogP contribution in [0.5, 0.6) is 5.75 Å². The van der Waals surface area contributed by atoms with Crippen LogP contribution in [0.4, 0.5) is 5.69 Å². The topological polar surface area (TPSA) is 121 Å². The van der Waals surface area contributed by atoms with Gasteiger partial charge in [0.2, 0.25) is 5.82 Å². The number of phenols is 1. The molecule has 10 heteroatoms. The Morgan fingerprint density at radius 3 is 2.64 bits per heavy atom. The number of fused-ring (bicyclic) bond motifs is 1. The Hall–Kier alpha value is -3.23. The number of carbonyl (C=O) groups excluding carboxylic acids is 1. The fraction of sp³-hybridized carbons (Fsp3) is 0.0556. The first-order valence-corrected chi connectivity index (χ1v) is 8.71. The molecule has 8 nitrogen and oxygen atoms in total. The molecular formula is C18H11Cl2N3O5. The number of hydrogen-bond donors (Lipinski definition) is 3. The van der Waals surface area contributed by atoms with Gasteiger partial charge in [0.15, 0.2) is 0 Å². The number of furan rings is 1. The fourth-order valence-electron chi connectivity index (χ4n) is 2.80. The maximum Gasteiger partial charge on any atom is 0.439 e. The van der Waals surface area contributed by atoms with E-state index in [0.29, 0.717) is 38.7 Å². The Labute approximate surface area is 166 Å². The van der Waals surface area contributed by atoms with E-state index >= 15 is 0 Å². The molecule has 0 radical (unpaired) electrons. The number of phenolic OH excluding ortho intramolecular Hbond substituents is 1. The largest absolute Gasteiger partial charge is 0.507 e. The van der Waals surface area contributed by atoms with Gasteiger partial charge in [-0.2, -0.15) is 0 Å². The van der Waals surface area contributed by atoms with Gasteiger partial charge in [-0.15, -0.1) is 0 Å². The number of hydrogen-bond acceptors (Lipinski definition) is 6. The van der Waals surface area contributed by atoms with Gasteiger partial charge < -0.3 is 14.8 Å². The lowest BCUT2D eigenvalue weighted by atomic mass is 10.0. The van der Waals surface area contributed by atoms with Gasteiger partial charge in [-0.3, -0.25) is 14.3 Å². The van der Waals surface area contributed by atoms with Crippen molar-refractivity contribution in [2.24, 2.45) is 0 Å². The van der Waals surface area contributed by atoms with Crippen LogP contribution in [0.15, 0.2) is 50.3 Å². The molecule has 1 amide bonds. The fourth-order valence-corrected chi connectivity index (χ4v) is 3.42. The molecular weight excluding hydrogens is 409 g/mol. The van der Waals surface area contributed by atoms with Gasteiger partial charge in [0.05, 0.1) is 11.6 Å². The predicted molar refractivity (Wildman–Crippen MR) is 102 cm³/mol. The number of halogens is 2. The van der Waals surface area contributed by atoms with E-state index in [4.69, 9.17) is 27.6 Å². The van der Waals surface area contributed by atoms with Crippen LogP contribution >= 0.6 is 23.2 Å². The number of nitrogens with zero attached hydrogens (tertiary/aromatic N) is 1. The van der Waals surface area contributed by atoms with Crippen LogP contribution < -0.4 is 11.1 Å². The number of aromatic hydroxyl groups is 1. The van der Waals surface area contributed by atoms with Crippen LogP contribution in [0.3, 0.4) is 0 Å². The quantitative estimate of drug-likeness (QED) is 0.460. The zero-order chi connectivity index (χ0) is 19.8. The van der Waals surface area contributed by atoms with E-state index in [1.54, 1.807) is 18.2 Å². The minimum Gasteiger partial charge on any atom is -0.507 e. The first-order chi connectivity index (χ1) is 13.4. The number of carbonyl (C=O) groups is 1. The molecule has 0 unspecified atom stereocenters. The second kappa shape index (κ2) is 7.06. The third-order valence-electron chi connectivity index (χ3n) is 4.10. The monoisotopic (exact) mass is 419 g/mol. The average Bonchev–Trinajstić information content (AvgIpc) is 3.29. The number of H-pyrrole nitrogens is 1. The van der Waals surface area contributed by atoms with E-state index in [2.05, 4.69) is 20.0 Å². The van der Waals surface area contributed by atoms with Crippen LogP contribution in [-0.4, -0.2) is 21.2 Å². The highest BCUT2D eigenvalue weighted by Crippen LogP contribution is 2.35. The highest BCUT2D eigenvalue weighted by atomic mass is 35.5. The molecule has 0 aliphatic carbocycles. The summed E-state index contributed by atoms with van der Waals surface area (Å²) in [5.74, 6) is -1.67. The molecule has 2 heterocycles. The summed E-state index contributed by atoms with van der Waals surface area (Å²) < 4.78 is 9.75. The predicted octanol–water partition coefficient (Wildman–Crippen LogP) is 3.96. The lowest BCUT2D eigenvalue weighted by molar-refractivity contribution is 0.101. The Balaban J connectivity index is 1.62. The van der Waals surface area contributed by atoms with E-state index in [9.17, 15) is 14.7 Å². The second-order valence-electron chi connectivity index (χ2n) is 5.90. The zero-order valence-corrected chi connectivity index (χ0v) is 15.5. The van der Waals surface area contributed by atoms with Crippen molar-refractivity contribution in [2.45, 2.75) is 6.42 Å². The van der Waals surface area contributed by atoms with Gasteiger partial charge in [-0.05, 0) is 35.0 Å². The third-order valence-corrected chi connectivity index (χ3v) is 4.77. The molecule has 0 bridgehead atoms. The summed E-state index contributed by atoms with van der Waals surface area (Å²) in [5.41, 5.74) is 2.28. The van der Waals surface area contributed by atoms with Crippen LogP contribution in [0.2, 0.25) is 10.0 Å². The van der Waals surface area contributed by atoms with Gasteiger partial charge in [0.25, 0.3) is 5.91 Å². The van der Waals surface area contributed by atoms with E-state index in [0.717, 1.165) is 5.56 Å². The third kappa shape index (κ3) is 3.35. The summed E-state index contributed by atoms with van der Waals surface area (Å²) in [7, 11) is 0. The molecule has 0 saturated heterocycles. The summed E-state index contributed by atoms with van der Waals surface area (Å²) in [6.45, 7) is 0. The molecule has 0 aliphatic heterocycles. The molecule has 3 N–H and O–H groups in total. The summed E-state index contributed by atoms with van der Waals surface area (Å²) in [5, 5.41) is 17.0. The Morgan fingerprint density at radius 2 is 1.96 bits per heavy atom. The minimum absolute atomic E-state index is 0.119. The normalized spacial score (nSPS) is 11.1. The Bertz CT molecular complexity index is 1230. The number of benzene rings is 2. The summed E-state index contributed by atoms with van der Waals surface area (Å²) in [6.07, 6.45) is 1.84. The van der Waals surface area contributed by atoms with Crippen molar-refractivity contribution in [2.75, 3.05) is 5.32 Å². The van der Waals surface area contributed by atoms with Crippen LogP contribution in [0.1, 0.15) is 21.7 Å². The molecule has 2 aromatic carbocycles. The molecule has 28 heavy (non-hydrogen) atoms. The maximum absolute atomic E-state index is 12.0. The molecule has 0 atom stereocenters.